The number of amides is 1. The number of methoxy groups -OCH3 is 1. The maximum Gasteiger partial charge on any atom is 0.241 e. The van der Waals surface area contributed by atoms with Crippen molar-refractivity contribution in [3.05, 3.63) is 66.1 Å². The maximum atomic E-state index is 12.4. The van der Waals surface area contributed by atoms with Crippen molar-refractivity contribution in [3.8, 4) is 17.2 Å². The van der Waals surface area contributed by atoms with Gasteiger partial charge in [0, 0.05) is 18.5 Å². The third-order valence-corrected chi connectivity index (χ3v) is 6.18. The van der Waals surface area contributed by atoms with Crippen LogP contribution in [0.15, 0.2) is 64.1 Å². The second-order valence-corrected chi connectivity index (χ2v) is 8.78. The molecule has 0 saturated heterocycles. The van der Waals surface area contributed by atoms with Gasteiger partial charge in [-0.25, -0.2) is 13.4 Å². The van der Waals surface area contributed by atoms with Crippen LogP contribution in [-0.4, -0.2) is 39.0 Å². The van der Waals surface area contributed by atoms with Crippen LogP contribution in [0.5, 0.6) is 5.75 Å². The van der Waals surface area contributed by atoms with Crippen LogP contribution in [0, 0.1) is 6.92 Å². The molecule has 2 N–H and O–H groups in total. The number of carbonyl (C=O) groups excluding carboxylic acids is 1. The zero-order valence-electron chi connectivity index (χ0n) is 17.6. The van der Waals surface area contributed by atoms with Gasteiger partial charge in [0.05, 0.1) is 23.7 Å². The minimum Gasteiger partial charge on any atom is -0.497 e. The zero-order chi connectivity index (χ0) is 22.4. The van der Waals surface area contributed by atoms with Crippen molar-refractivity contribution in [1.29, 1.82) is 0 Å². The average Bonchev–Trinajstić information content (AvgIpc) is 3.22. The lowest BCUT2D eigenvalue weighted by Crippen LogP contribution is -2.45. The summed E-state index contributed by atoms with van der Waals surface area (Å²) >= 11 is 0. The molecule has 2 aromatic carbocycles. The predicted molar refractivity (Wildman–Crippen MR) is 116 cm³/mol. The van der Waals surface area contributed by atoms with E-state index in [9.17, 15) is 13.2 Å². The summed E-state index contributed by atoms with van der Waals surface area (Å²) < 4.78 is 37.8. The van der Waals surface area contributed by atoms with Gasteiger partial charge in [-0.05, 0) is 50.2 Å². The smallest absolute Gasteiger partial charge is 0.241 e. The predicted octanol–water partition coefficient (Wildman–Crippen LogP) is 2.68. The van der Waals surface area contributed by atoms with Crippen molar-refractivity contribution in [2.75, 3.05) is 13.7 Å². The number of benzene rings is 2. The zero-order valence-corrected chi connectivity index (χ0v) is 18.4. The van der Waals surface area contributed by atoms with E-state index >= 15 is 0 Å². The van der Waals surface area contributed by atoms with Gasteiger partial charge in [-0.2, -0.15) is 4.72 Å². The van der Waals surface area contributed by atoms with Gasteiger partial charge < -0.3 is 14.5 Å². The Labute approximate surface area is 181 Å². The molecular weight excluding hydrogens is 418 g/mol. The van der Waals surface area contributed by atoms with Crippen LogP contribution in [0.1, 0.15) is 18.2 Å². The summed E-state index contributed by atoms with van der Waals surface area (Å²) in [6, 6.07) is 12.8. The Morgan fingerprint density at radius 1 is 1.13 bits per heavy atom. The van der Waals surface area contributed by atoms with Crippen LogP contribution in [0.4, 0.5) is 0 Å². The number of sulfonamides is 1. The van der Waals surface area contributed by atoms with E-state index in [4.69, 9.17) is 9.15 Å². The van der Waals surface area contributed by atoms with Crippen LogP contribution >= 0.6 is 0 Å². The molecule has 0 aliphatic heterocycles. The molecule has 9 heteroatoms. The topological polar surface area (TPSA) is 111 Å². The maximum absolute atomic E-state index is 12.4. The molecule has 1 heterocycles. The summed E-state index contributed by atoms with van der Waals surface area (Å²) in [5, 5.41) is 2.71. The molecule has 0 bridgehead atoms. The van der Waals surface area contributed by atoms with Crippen LogP contribution in [-0.2, 0) is 21.2 Å². The molecule has 0 unspecified atom stereocenters. The minimum absolute atomic E-state index is 0.0548. The first-order valence-electron chi connectivity index (χ1n) is 9.74. The second kappa shape index (κ2) is 9.76. The number of hydrogen-bond acceptors (Lipinski definition) is 6. The van der Waals surface area contributed by atoms with Crippen molar-refractivity contribution < 1.29 is 22.4 Å². The molecule has 164 valence electrons. The Kier molecular flexibility index (Phi) is 7.09. The Morgan fingerprint density at radius 2 is 1.81 bits per heavy atom. The van der Waals surface area contributed by atoms with Crippen molar-refractivity contribution in [2.24, 2.45) is 0 Å². The van der Waals surface area contributed by atoms with Crippen LogP contribution in [0.2, 0.25) is 0 Å². The number of carbonyl (C=O) groups is 1. The fourth-order valence-corrected chi connectivity index (χ4v) is 4.03. The van der Waals surface area contributed by atoms with Crippen LogP contribution in [0.25, 0.3) is 11.5 Å². The summed E-state index contributed by atoms with van der Waals surface area (Å²) in [6.45, 7) is 3.79. The molecule has 0 radical (unpaired) electrons. The summed E-state index contributed by atoms with van der Waals surface area (Å²) in [7, 11) is -2.33. The quantitative estimate of drug-likeness (QED) is 0.526. The Hall–Kier alpha value is -3.17. The lowest BCUT2D eigenvalue weighted by Gasteiger charge is -2.14. The van der Waals surface area contributed by atoms with E-state index in [1.807, 2.05) is 31.2 Å². The number of rotatable bonds is 9. The normalized spacial score (nSPS) is 12.4. The first kappa shape index (κ1) is 22.5. The van der Waals surface area contributed by atoms with E-state index in [1.54, 1.807) is 18.4 Å². The highest BCUT2D eigenvalue weighted by atomic mass is 32.2. The lowest BCUT2D eigenvalue weighted by molar-refractivity contribution is -0.122. The molecule has 0 saturated carbocycles. The van der Waals surface area contributed by atoms with Gasteiger partial charge in [0.25, 0.3) is 0 Å². The number of nitrogens with one attached hydrogen (secondary N) is 2. The third-order valence-electron chi connectivity index (χ3n) is 4.63. The number of ether oxygens (including phenoxy) is 1. The molecule has 3 rings (SSSR count). The fraction of sp³-hybridized carbons (Fsp3) is 0.273. The number of oxazole rings is 1. The standard InChI is InChI=1S/C22H25N3O5S/c1-15-4-6-17(7-5-15)22-24-18(14-30-22)12-13-23-21(26)16(2)25-31(27,28)20-10-8-19(29-3)9-11-20/h4-11,14,16,25H,12-13H2,1-3H3,(H,23,26)/t16-/m0/s1. The number of aromatic nitrogens is 1. The molecule has 31 heavy (non-hydrogen) atoms. The third kappa shape index (κ3) is 5.93. The summed E-state index contributed by atoms with van der Waals surface area (Å²) in [4.78, 5) is 16.8. The second-order valence-electron chi connectivity index (χ2n) is 7.07. The average molecular weight is 444 g/mol. The Morgan fingerprint density at radius 3 is 2.45 bits per heavy atom. The Balaban J connectivity index is 1.50. The molecule has 3 aromatic rings. The summed E-state index contributed by atoms with van der Waals surface area (Å²) in [5.41, 5.74) is 2.72. The number of nitrogens with zero attached hydrogens (tertiary/aromatic N) is 1. The minimum atomic E-state index is -3.83. The first-order valence-corrected chi connectivity index (χ1v) is 11.2. The lowest BCUT2D eigenvalue weighted by atomic mass is 10.1. The van der Waals surface area contributed by atoms with Crippen molar-refractivity contribution in [1.82, 2.24) is 15.0 Å². The highest BCUT2D eigenvalue weighted by Crippen LogP contribution is 2.19. The van der Waals surface area contributed by atoms with Gasteiger partial charge in [0.1, 0.15) is 12.0 Å². The molecule has 0 fully saturated rings. The van der Waals surface area contributed by atoms with Gasteiger partial charge in [0.15, 0.2) is 0 Å². The SMILES string of the molecule is COc1ccc(S(=O)(=O)N[C@@H](C)C(=O)NCCc2coc(-c3ccc(C)cc3)n2)cc1. The number of hydrogen-bond donors (Lipinski definition) is 2. The molecule has 0 aliphatic carbocycles. The van der Waals surface area contributed by atoms with Crippen molar-refractivity contribution in [2.45, 2.75) is 31.2 Å². The molecule has 1 aromatic heterocycles. The molecule has 1 amide bonds. The highest BCUT2D eigenvalue weighted by Gasteiger charge is 2.22. The van der Waals surface area contributed by atoms with Crippen molar-refractivity contribution in [3.63, 3.8) is 0 Å². The summed E-state index contributed by atoms with van der Waals surface area (Å²) in [5.74, 6) is 0.629. The largest absolute Gasteiger partial charge is 0.497 e. The van der Waals surface area contributed by atoms with Gasteiger partial charge >= 0.3 is 0 Å². The van der Waals surface area contributed by atoms with Crippen molar-refractivity contribution >= 4 is 15.9 Å². The van der Waals surface area contributed by atoms with Crippen LogP contribution < -0.4 is 14.8 Å². The highest BCUT2D eigenvalue weighted by molar-refractivity contribution is 7.89. The van der Waals surface area contributed by atoms with Gasteiger partial charge in [-0.3, -0.25) is 4.79 Å². The monoisotopic (exact) mass is 443 g/mol. The molecule has 0 spiro atoms. The van der Waals surface area contributed by atoms with Crippen LogP contribution in [0.3, 0.4) is 0 Å². The van der Waals surface area contributed by atoms with E-state index in [1.165, 1.54) is 26.2 Å². The molecule has 1 atom stereocenters. The van der Waals surface area contributed by atoms with E-state index in [2.05, 4.69) is 15.0 Å². The molecule has 0 aliphatic rings. The first-order chi connectivity index (χ1) is 14.8. The molecular formula is C22H25N3O5S. The van der Waals surface area contributed by atoms with Gasteiger partial charge in [-0.1, -0.05) is 17.7 Å². The van der Waals surface area contributed by atoms with Gasteiger partial charge in [-0.15, -0.1) is 0 Å². The summed E-state index contributed by atoms with van der Waals surface area (Å²) in [6.07, 6.45) is 2.01. The molecule has 8 nitrogen and oxygen atoms in total. The van der Waals surface area contributed by atoms with E-state index < -0.39 is 22.0 Å². The van der Waals surface area contributed by atoms with E-state index in [-0.39, 0.29) is 4.90 Å². The fourth-order valence-electron chi connectivity index (χ4n) is 2.83. The Bertz CT molecular complexity index is 1120. The van der Waals surface area contributed by atoms with E-state index in [0.29, 0.717) is 30.3 Å². The van der Waals surface area contributed by atoms with E-state index in [0.717, 1.165) is 11.1 Å². The number of aryl methyl sites for hydroxylation is 1. The van der Waals surface area contributed by atoms with Gasteiger partial charge in [0.2, 0.25) is 21.8 Å².